The molecule has 1 aliphatic rings. The number of benzene rings is 1. The van der Waals surface area contributed by atoms with Crippen LogP contribution in [0.1, 0.15) is 39.7 Å². The lowest BCUT2D eigenvalue weighted by molar-refractivity contribution is -0.660. The summed E-state index contributed by atoms with van der Waals surface area (Å²) >= 11 is 0. The second-order valence-corrected chi connectivity index (χ2v) is 6.66. The van der Waals surface area contributed by atoms with Crippen molar-refractivity contribution in [3.05, 3.63) is 41.7 Å². The van der Waals surface area contributed by atoms with Gasteiger partial charge < -0.3 is 0 Å². The summed E-state index contributed by atoms with van der Waals surface area (Å²) in [5, 5.41) is 0. The maximum atomic E-state index is 14.5. The van der Waals surface area contributed by atoms with Crippen molar-refractivity contribution in [1.82, 2.24) is 4.57 Å². The lowest BCUT2D eigenvalue weighted by atomic mass is 9.63. The van der Waals surface area contributed by atoms with Gasteiger partial charge in [-0.2, -0.15) is 0 Å². The van der Waals surface area contributed by atoms with Crippen LogP contribution in [-0.4, -0.2) is 4.57 Å². The highest BCUT2D eigenvalue weighted by atomic mass is 19.1. The minimum absolute atomic E-state index is 0.272. The molecule has 4 heteroatoms. The summed E-state index contributed by atoms with van der Waals surface area (Å²) in [6, 6.07) is 2.48. The lowest BCUT2D eigenvalue weighted by Crippen LogP contribution is -2.51. The van der Waals surface area contributed by atoms with Gasteiger partial charge in [0.25, 0.3) is 5.82 Å². The first kappa shape index (κ1) is 14.2. The summed E-state index contributed by atoms with van der Waals surface area (Å²) < 4.78 is 32.4. The Hall–Kier alpha value is -1.71. The topological polar surface area (TPSA) is 8.81 Å². The second kappa shape index (κ2) is 4.15. The van der Waals surface area contributed by atoms with Gasteiger partial charge in [-0.05, 0) is 31.9 Å². The van der Waals surface area contributed by atoms with Gasteiger partial charge in [-0.3, -0.25) is 0 Å². The Morgan fingerprint density at radius 1 is 1.19 bits per heavy atom. The number of halogens is 2. The van der Waals surface area contributed by atoms with Gasteiger partial charge in [0.2, 0.25) is 0 Å². The number of hydrogen-bond donors (Lipinski definition) is 0. The zero-order chi connectivity index (χ0) is 15.6. The van der Waals surface area contributed by atoms with Crippen molar-refractivity contribution in [1.29, 1.82) is 0 Å². The largest absolute Gasteiger partial charge is 0.292 e. The van der Waals surface area contributed by atoms with E-state index < -0.39 is 11.6 Å². The van der Waals surface area contributed by atoms with Crippen molar-refractivity contribution < 1.29 is 13.3 Å². The molecule has 0 radical (unpaired) electrons. The summed E-state index contributed by atoms with van der Waals surface area (Å²) in [6.45, 7) is 8.42. The van der Waals surface area contributed by atoms with Gasteiger partial charge in [0.1, 0.15) is 35.1 Å². The molecule has 0 saturated carbocycles. The fourth-order valence-electron chi connectivity index (χ4n) is 3.68. The predicted octanol–water partition coefficient (Wildman–Crippen LogP) is 3.67. The molecule has 0 saturated heterocycles. The SMILES string of the molecule is CCC1(C)c2cc(F)cc(F)c2-c2n(cc[n+]2C)C1(C)C. The molecule has 2 nitrogen and oxygen atoms in total. The van der Waals surface area contributed by atoms with Crippen LogP contribution in [0.5, 0.6) is 0 Å². The zero-order valence-corrected chi connectivity index (χ0v) is 13.2. The molecule has 1 unspecified atom stereocenters. The third-order valence-corrected chi connectivity index (χ3v) is 5.53. The average Bonchev–Trinajstić information content (AvgIpc) is 2.78. The number of rotatable bonds is 1. The Kier molecular flexibility index (Phi) is 2.81. The van der Waals surface area contributed by atoms with E-state index in [0.29, 0.717) is 5.56 Å². The third kappa shape index (κ3) is 1.59. The van der Waals surface area contributed by atoms with Crippen LogP contribution < -0.4 is 4.57 Å². The van der Waals surface area contributed by atoms with Crippen molar-refractivity contribution in [2.45, 2.75) is 45.1 Å². The molecule has 1 aromatic carbocycles. The monoisotopic (exact) mass is 291 g/mol. The smallest absolute Gasteiger partial charge is 0.233 e. The molecule has 0 bridgehead atoms. The van der Waals surface area contributed by atoms with Crippen LogP contribution in [0.15, 0.2) is 24.5 Å². The van der Waals surface area contributed by atoms with Crippen molar-refractivity contribution >= 4 is 0 Å². The molecule has 0 aliphatic carbocycles. The quantitative estimate of drug-likeness (QED) is 0.709. The van der Waals surface area contributed by atoms with Crippen LogP contribution in [0.3, 0.4) is 0 Å². The van der Waals surface area contributed by atoms with Crippen molar-refractivity contribution in [2.24, 2.45) is 7.05 Å². The van der Waals surface area contributed by atoms with Crippen LogP contribution >= 0.6 is 0 Å². The molecule has 3 rings (SSSR count). The van der Waals surface area contributed by atoms with E-state index in [1.54, 1.807) is 0 Å². The van der Waals surface area contributed by atoms with Gasteiger partial charge >= 0.3 is 0 Å². The van der Waals surface area contributed by atoms with Crippen LogP contribution in [0.4, 0.5) is 8.78 Å². The number of imidazole rings is 1. The normalized spacial score (nSPS) is 22.8. The van der Waals surface area contributed by atoms with E-state index in [1.807, 2.05) is 24.0 Å². The van der Waals surface area contributed by atoms with E-state index in [4.69, 9.17) is 0 Å². The first-order valence-corrected chi connectivity index (χ1v) is 7.31. The van der Waals surface area contributed by atoms with Gasteiger partial charge in [0.05, 0.1) is 7.05 Å². The van der Waals surface area contributed by atoms with Gasteiger partial charge in [-0.15, -0.1) is 0 Å². The Morgan fingerprint density at radius 2 is 1.86 bits per heavy atom. The van der Waals surface area contributed by atoms with Crippen LogP contribution in [0.2, 0.25) is 0 Å². The number of aryl methyl sites for hydroxylation is 1. The van der Waals surface area contributed by atoms with E-state index in [1.165, 1.54) is 6.07 Å². The maximum absolute atomic E-state index is 14.5. The molecule has 1 aromatic heterocycles. The molecule has 0 fully saturated rings. The van der Waals surface area contributed by atoms with Gasteiger partial charge in [-0.1, -0.05) is 13.8 Å². The fraction of sp³-hybridized carbons (Fsp3) is 0.471. The zero-order valence-electron chi connectivity index (χ0n) is 13.2. The van der Waals surface area contributed by atoms with Gasteiger partial charge in [-0.25, -0.2) is 17.9 Å². The summed E-state index contributed by atoms with van der Waals surface area (Å²) in [6.07, 6.45) is 4.71. The molecule has 112 valence electrons. The lowest BCUT2D eigenvalue weighted by Gasteiger charge is -2.45. The summed E-state index contributed by atoms with van der Waals surface area (Å²) in [5.74, 6) is -0.210. The molecule has 2 aromatic rings. The van der Waals surface area contributed by atoms with Crippen molar-refractivity contribution in [3.8, 4) is 11.4 Å². The molecule has 2 heterocycles. The second-order valence-electron chi connectivity index (χ2n) is 6.66. The fourth-order valence-corrected chi connectivity index (χ4v) is 3.68. The van der Waals surface area contributed by atoms with Gasteiger partial charge in [0.15, 0.2) is 0 Å². The Bertz CT molecular complexity index is 731. The van der Waals surface area contributed by atoms with E-state index in [0.717, 1.165) is 23.9 Å². The highest BCUT2D eigenvalue weighted by molar-refractivity contribution is 5.65. The van der Waals surface area contributed by atoms with Crippen molar-refractivity contribution in [3.63, 3.8) is 0 Å². The molecule has 0 N–H and O–H groups in total. The molecule has 0 amide bonds. The maximum Gasteiger partial charge on any atom is 0.292 e. The number of aromatic nitrogens is 2. The number of fused-ring (bicyclic) bond motifs is 3. The first-order valence-electron chi connectivity index (χ1n) is 7.31. The minimum atomic E-state index is -0.510. The van der Waals surface area contributed by atoms with E-state index in [2.05, 4.69) is 32.3 Å². The molecule has 21 heavy (non-hydrogen) atoms. The standard InChI is InChI=1S/C17H21F2N2/c1-6-17(4)12-9-11(18)10-13(19)14(12)15-20(5)7-8-21(15)16(17,2)3/h7-10H,6H2,1-5H3/q+1. The molecule has 1 atom stereocenters. The van der Waals surface area contributed by atoms with Crippen LogP contribution in [0.25, 0.3) is 11.4 Å². The average molecular weight is 291 g/mol. The highest BCUT2D eigenvalue weighted by Gasteiger charge is 2.54. The van der Waals surface area contributed by atoms with Crippen LogP contribution in [0, 0.1) is 11.6 Å². The molecular formula is C17H21F2N2+. The van der Waals surface area contributed by atoms with Crippen molar-refractivity contribution in [2.75, 3.05) is 0 Å². The first-order chi connectivity index (χ1) is 9.74. The Balaban J connectivity index is 2.50. The van der Waals surface area contributed by atoms with E-state index >= 15 is 0 Å². The highest BCUT2D eigenvalue weighted by Crippen LogP contribution is 2.51. The summed E-state index contributed by atoms with van der Waals surface area (Å²) in [4.78, 5) is 0. The Morgan fingerprint density at radius 3 is 2.48 bits per heavy atom. The summed E-state index contributed by atoms with van der Waals surface area (Å²) in [5.41, 5.74) is 0.664. The number of nitrogens with zero attached hydrogens (tertiary/aromatic N) is 2. The molecule has 0 spiro atoms. The van der Waals surface area contributed by atoms with E-state index in [-0.39, 0.29) is 11.0 Å². The van der Waals surface area contributed by atoms with Crippen LogP contribution in [-0.2, 0) is 18.0 Å². The Labute approximate surface area is 124 Å². The summed E-state index contributed by atoms with van der Waals surface area (Å²) in [7, 11) is 1.89. The molecular weight excluding hydrogens is 270 g/mol. The van der Waals surface area contributed by atoms with Gasteiger partial charge in [0, 0.05) is 11.5 Å². The third-order valence-electron chi connectivity index (χ3n) is 5.53. The minimum Gasteiger partial charge on any atom is -0.233 e. The molecule has 1 aliphatic heterocycles. The number of hydrogen-bond acceptors (Lipinski definition) is 0. The predicted molar refractivity (Wildman–Crippen MR) is 77.9 cm³/mol. The van der Waals surface area contributed by atoms with E-state index in [9.17, 15) is 8.78 Å².